The third kappa shape index (κ3) is 6.22. The smallest absolute Gasteiger partial charge is 0.318 e. The fourth-order valence-electron chi connectivity index (χ4n) is 8.39. The second-order valence-electron chi connectivity index (χ2n) is 13.7. The molecular weight excluding hydrogens is 650 g/mol. The van der Waals surface area contributed by atoms with Crippen LogP contribution in [0.25, 0.3) is 16.8 Å². The standard InChI is InChI=1S/C38H40ClN9O2/c39-31-7-1-5-27-6-2-8-33(35(27)31)45-20-12-30-32(25-45)43-37(50-26-38-13-3-18-47(38)19-4-14-38)44-36(30)46-21-22-48(29(24-46)11-15-40)34(49)10-9-28-23-41-16-17-42-28/h1-2,5-10,16-17,23,29H,3-4,11-14,18-22,24-26H2/b10-9+/t29-/m0/s1. The van der Waals surface area contributed by atoms with Crippen LogP contribution in [-0.4, -0.2) is 93.1 Å². The molecule has 256 valence electrons. The summed E-state index contributed by atoms with van der Waals surface area (Å²) in [4.78, 5) is 40.8. The number of benzene rings is 2. The minimum absolute atomic E-state index is 0.0634. The SMILES string of the molecule is N#CC[C@H]1CN(c2nc(OCC34CCCN3CCC4)nc3c2CCN(c2cccc4cccc(Cl)c24)C3)CCN1C(=O)/C=C/c1cnccn1. The van der Waals surface area contributed by atoms with Crippen LogP contribution in [0.1, 0.15) is 49.1 Å². The molecule has 3 fully saturated rings. The number of ether oxygens (including phenoxy) is 1. The Morgan fingerprint density at radius 2 is 1.88 bits per heavy atom. The van der Waals surface area contributed by atoms with Crippen molar-refractivity contribution in [1.82, 2.24) is 29.7 Å². The van der Waals surface area contributed by atoms with Gasteiger partial charge in [-0.25, -0.2) is 0 Å². The van der Waals surface area contributed by atoms with Gasteiger partial charge in [0.05, 0.1) is 53.2 Å². The van der Waals surface area contributed by atoms with E-state index in [1.807, 2.05) is 12.1 Å². The van der Waals surface area contributed by atoms with Crippen LogP contribution in [0.3, 0.4) is 0 Å². The monoisotopic (exact) mass is 689 g/mol. The Bertz CT molecular complexity index is 1950. The van der Waals surface area contributed by atoms with Crippen molar-refractivity contribution in [3.05, 3.63) is 83.0 Å². The zero-order chi connectivity index (χ0) is 34.1. The number of fused-ring (bicyclic) bond motifs is 3. The van der Waals surface area contributed by atoms with Crippen LogP contribution >= 0.6 is 11.6 Å². The first-order valence-corrected chi connectivity index (χ1v) is 18.0. The number of carbonyl (C=O) groups excluding carboxylic acids is 1. The van der Waals surface area contributed by atoms with Gasteiger partial charge >= 0.3 is 6.01 Å². The van der Waals surface area contributed by atoms with E-state index in [-0.39, 0.29) is 23.9 Å². The van der Waals surface area contributed by atoms with Crippen molar-refractivity contribution in [2.75, 3.05) is 55.7 Å². The van der Waals surface area contributed by atoms with E-state index in [2.05, 4.69) is 55.0 Å². The normalized spacial score (nSPS) is 20.2. The third-order valence-electron chi connectivity index (χ3n) is 10.8. The molecule has 0 saturated carbocycles. The maximum atomic E-state index is 13.4. The molecule has 0 N–H and O–H groups in total. The number of carbonyl (C=O) groups is 1. The summed E-state index contributed by atoms with van der Waals surface area (Å²) in [6.07, 6.45) is 13.6. The molecule has 4 aromatic rings. The van der Waals surface area contributed by atoms with E-state index in [1.54, 1.807) is 29.6 Å². The summed E-state index contributed by atoms with van der Waals surface area (Å²) in [7, 11) is 0. The molecule has 0 bridgehead atoms. The van der Waals surface area contributed by atoms with Gasteiger partial charge < -0.3 is 19.4 Å². The van der Waals surface area contributed by atoms with Crippen molar-refractivity contribution in [3.63, 3.8) is 0 Å². The van der Waals surface area contributed by atoms with Crippen molar-refractivity contribution < 1.29 is 9.53 Å². The van der Waals surface area contributed by atoms with E-state index in [4.69, 9.17) is 26.3 Å². The van der Waals surface area contributed by atoms with E-state index in [9.17, 15) is 10.1 Å². The molecule has 1 atom stereocenters. The number of piperazine rings is 1. The maximum Gasteiger partial charge on any atom is 0.318 e. The minimum Gasteiger partial charge on any atom is -0.461 e. The number of anilines is 2. The highest BCUT2D eigenvalue weighted by Gasteiger charge is 2.45. The molecule has 0 aliphatic carbocycles. The maximum absolute atomic E-state index is 13.4. The Morgan fingerprint density at radius 3 is 2.68 bits per heavy atom. The summed E-state index contributed by atoms with van der Waals surface area (Å²) in [5, 5.41) is 12.7. The fraction of sp³-hybridized carbons (Fsp3) is 0.421. The quantitative estimate of drug-likeness (QED) is 0.226. The van der Waals surface area contributed by atoms with Gasteiger partial charge in [0.1, 0.15) is 12.4 Å². The van der Waals surface area contributed by atoms with Crippen molar-refractivity contribution >= 4 is 45.9 Å². The summed E-state index contributed by atoms with van der Waals surface area (Å²) in [6, 6.07) is 14.7. The van der Waals surface area contributed by atoms with E-state index in [1.165, 1.54) is 18.9 Å². The predicted octanol–water partition coefficient (Wildman–Crippen LogP) is 5.29. The lowest BCUT2D eigenvalue weighted by Crippen LogP contribution is -2.55. The van der Waals surface area contributed by atoms with Gasteiger partial charge in [-0.2, -0.15) is 15.2 Å². The molecule has 0 radical (unpaired) electrons. The lowest BCUT2D eigenvalue weighted by molar-refractivity contribution is -0.128. The Labute approximate surface area is 297 Å². The number of aromatic nitrogens is 4. The first-order valence-electron chi connectivity index (χ1n) is 17.6. The van der Waals surface area contributed by atoms with Crippen LogP contribution in [0.2, 0.25) is 5.02 Å². The second kappa shape index (κ2) is 13.8. The van der Waals surface area contributed by atoms with Crippen LogP contribution in [0.15, 0.2) is 61.1 Å². The number of nitrogens with zero attached hydrogens (tertiary/aromatic N) is 9. The van der Waals surface area contributed by atoms with Crippen molar-refractivity contribution in [1.29, 1.82) is 5.26 Å². The summed E-state index contributed by atoms with van der Waals surface area (Å²) >= 11 is 6.76. The molecular formula is C38H40ClN9O2. The Balaban J connectivity index is 1.09. The molecule has 12 heteroatoms. The molecule has 1 amide bonds. The topological polar surface area (TPSA) is 115 Å². The number of hydrogen-bond donors (Lipinski definition) is 0. The van der Waals surface area contributed by atoms with Gasteiger partial charge in [0.2, 0.25) is 5.91 Å². The molecule has 2 aromatic heterocycles. The molecule has 0 unspecified atom stereocenters. The molecule has 4 aliphatic rings. The highest BCUT2D eigenvalue weighted by molar-refractivity contribution is 6.36. The van der Waals surface area contributed by atoms with E-state index in [0.29, 0.717) is 44.5 Å². The van der Waals surface area contributed by atoms with Gasteiger partial charge in [0, 0.05) is 61.3 Å². The third-order valence-corrected chi connectivity index (χ3v) is 11.2. The molecule has 8 rings (SSSR count). The lowest BCUT2D eigenvalue weighted by atomic mass is 9.95. The van der Waals surface area contributed by atoms with Crippen LogP contribution in [0, 0.1) is 11.3 Å². The summed E-state index contributed by atoms with van der Waals surface area (Å²) in [6.45, 7) is 5.72. The molecule has 4 aliphatic heterocycles. The summed E-state index contributed by atoms with van der Waals surface area (Å²) < 4.78 is 6.56. The number of amides is 1. The van der Waals surface area contributed by atoms with Gasteiger partial charge in [-0.05, 0) is 68.8 Å². The largest absolute Gasteiger partial charge is 0.461 e. The summed E-state index contributed by atoms with van der Waals surface area (Å²) in [5.41, 5.74) is 3.79. The second-order valence-corrected chi connectivity index (χ2v) is 14.1. The lowest BCUT2D eigenvalue weighted by Gasteiger charge is -2.42. The minimum atomic E-state index is -0.301. The number of nitriles is 1. The van der Waals surface area contributed by atoms with Gasteiger partial charge in [-0.1, -0.05) is 35.9 Å². The van der Waals surface area contributed by atoms with Gasteiger partial charge in [0.25, 0.3) is 0 Å². The van der Waals surface area contributed by atoms with Crippen molar-refractivity contribution in [2.45, 2.75) is 56.7 Å². The molecule has 3 saturated heterocycles. The van der Waals surface area contributed by atoms with E-state index in [0.717, 1.165) is 77.5 Å². The van der Waals surface area contributed by atoms with Crippen molar-refractivity contribution in [2.24, 2.45) is 0 Å². The van der Waals surface area contributed by atoms with Crippen LogP contribution < -0.4 is 14.5 Å². The molecule has 6 heterocycles. The Hall–Kier alpha value is -4.79. The average Bonchev–Trinajstić information content (AvgIpc) is 3.74. The fourth-order valence-corrected chi connectivity index (χ4v) is 8.67. The predicted molar refractivity (Wildman–Crippen MR) is 193 cm³/mol. The molecule has 50 heavy (non-hydrogen) atoms. The van der Waals surface area contributed by atoms with E-state index < -0.39 is 0 Å². The molecule has 0 spiro atoms. The first-order chi connectivity index (χ1) is 24.5. The average molecular weight is 690 g/mol. The van der Waals surface area contributed by atoms with Gasteiger partial charge in [0.15, 0.2) is 0 Å². The highest BCUT2D eigenvalue weighted by Crippen LogP contribution is 2.40. The van der Waals surface area contributed by atoms with Gasteiger partial charge in [-0.3, -0.25) is 19.7 Å². The number of halogens is 1. The van der Waals surface area contributed by atoms with Crippen LogP contribution in [0.4, 0.5) is 11.5 Å². The van der Waals surface area contributed by atoms with Crippen LogP contribution in [-0.2, 0) is 17.8 Å². The Kier molecular flexibility index (Phi) is 8.98. The zero-order valence-electron chi connectivity index (χ0n) is 28.0. The van der Waals surface area contributed by atoms with Crippen molar-refractivity contribution in [3.8, 4) is 12.1 Å². The highest BCUT2D eigenvalue weighted by atomic mass is 35.5. The molecule has 2 aromatic carbocycles. The van der Waals surface area contributed by atoms with E-state index >= 15 is 0 Å². The Morgan fingerprint density at radius 1 is 1.04 bits per heavy atom. The number of hydrogen-bond acceptors (Lipinski definition) is 10. The zero-order valence-corrected chi connectivity index (χ0v) is 28.8. The molecule has 11 nitrogen and oxygen atoms in total. The van der Waals surface area contributed by atoms with Crippen LogP contribution in [0.5, 0.6) is 6.01 Å². The summed E-state index contributed by atoms with van der Waals surface area (Å²) in [5.74, 6) is 0.698. The van der Waals surface area contributed by atoms with Gasteiger partial charge in [-0.15, -0.1) is 0 Å². The number of rotatable bonds is 8. The first kappa shape index (κ1) is 32.4.